The molecule has 2 aliphatic rings. The molecule has 1 atom stereocenters. The summed E-state index contributed by atoms with van der Waals surface area (Å²) in [5, 5.41) is 4.71. The lowest BCUT2D eigenvalue weighted by molar-refractivity contribution is -0.124. The van der Waals surface area contributed by atoms with Crippen molar-refractivity contribution in [2.45, 2.75) is 31.8 Å². The smallest absolute Gasteiger partial charge is 0.161 e. The van der Waals surface area contributed by atoms with Crippen molar-refractivity contribution in [2.24, 2.45) is 0 Å². The highest BCUT2D eigenvalue weighted by molar-refractivity contribution is 6.12. The van der Waals surface area contributed by atoms with Crippen LogP contribution in [0.25, 0.3) is 21.5 Å². The first-order valence-corrected chi connectivity index (χ1v) is 10.1. The molecule has 0 radical (unpaired) electrons. The summed E-state index contributed by atoms with van der Waals surface area (Å²) in [5.74, 6) is 2.65. The van der Waals surface area contributed by atoms with E-state index in [1.165, 1.54) is 21.9 Å². The highest BCUT2D eigenvalue weighted by atomic mass is 16.5. The van der Waals surface area contributed by atoms with Crippen LogP contribution >= 0.6 is 0 Å². The Labute approximate surface area is 170 Å². The molecule has 3 aromatic rings. The van der Waals surface area contributed by atoms with E-state index in [9.17, 15) is 4.79 Å². The van der Waals surface area contributed by atoms with E-state index in [1.807, 2.05) is 6.07 Å². The predicted octanol–water partition coefficient (Wildman–Crippen LogP) is 4.11. The van der Waals surface area contributed by atoms with Crippen molar-refractivity contribution in [1.82, 2.24) is 4.90 Å². The molecule has 0 amide bonds. The Balaban J connectivity index is 1.83. The van der Waals surface area contributed by atoms with Crippen molar-refractivity contribution in [3.8, 4) is 17.2 Å². The number of Topliss-reactive ketones (excluding diaryl/α,β-unsaturated/α-hetero) is 1. The second kappa shape index (κ2) is 6.92. The number of piperidine rings is 1. The van der Waals surface area contributed by atoms with Crippen LogP contribution in [0.1, 0.15) is 24.0 Å². The van der Waals surface area contributed by atoms with Crippen LogP contribution in [0.3, 0.4) is 0 Å². The van der Waals surface area contributed by atoms with Gasteiger partial charge in [0.1, 0.15) is 11.5 Å². The number of methoxy groups -OCH3 is 3. The minimum Gasteiger partial charge on any atom is -0.497 e. The molecule has 0 saturated carbocycles. The summed E-state index contributed by atoms with van der Waals surface area (Å²) in [6.45, 7) is 1.37. The molecule has 0 aromatic heterocycles. The number of rotatable bonds is 3. The Kier molecular flexibility index (Phi) is 4.36. The largest absolute Gasteiger partial charge is 0.497 e. The average molecular weight is 391 g/mol. The number of nitrogens with zero attached hydrogens (tertiary/aromatic N) is 1. The van der Waals surface area contributed by atoms with E-state index in [0.717, 1.165) is 47.4 Å². The maximum absolute atomic E-state index is 12.1. The van der Waals surface area contributed by atoms with Crippen LogP contribution in [0.4, 0.5) is 0 Å². The van der Waals surface area contributed by atoms with E-state index >= 15 is 0 Å². The zero-order valence-electron chi connectivity index (χ0n) is 17.1. The topological polar surface area (TPSA) is 48.0 Å². The van der Waals surface area contributed by atoms with Crippen molar-refractivity contribution in [3.05, 3.63) is 41.5 Å². The fourth-order valence-electron chi connectivity index (χ4n) is 5.03. The molecule has 2 heterocycles. The van der Waals surface area contributed by atoms with Crippen molar-refractivity contribution < 1.29 is 19.0 Å². The van der Waals surface area contributed by atoms with Gasteiger partial charge in [-0.15, -0.1) is 0 Å². The minimum atomic E-state index is 0.350. The third kappa shape index (κ3) is 2.84. The van der Waals surface area contributed by atoms with Crippen LogP contribution in [-0.2, 0) is 17.8 Å². The number of hydrogen-bond acceptors (Lipinski definition) is 5. The molecule has 3 aromatic carbocycles. The van der Waals surface area contributed by atoms with Crippen LogP contribution in [0.5, 0.6) is 17.2 Å². The lowest BCUT2D eigenvalue weighted by atomic mass is 9.82. The Morgan fingerprint density at radius 2 is 1.55 bits per heavy atom. The molecule has 0 aliphatic carbocycles. The monoisotopic (exact) mass is 391 g/mol. The Morgan fingerprint density at radius 1 is 0.828 bits per heavy atom. The molecule has 5 heteroatoms. The summed E-state index contributed by atoms with van der Waals surface area (Å²) in [7, 11) is 5.03. The molecule has 1 fully saturated rings. The number of carbonyl (C=O) groups is 1. The minimum absolute atomic E-state index is 0.350. The van der Waals surface area contributed by atoms with Gasteiger partial charge in [-0.1, -0.05) is 6.07 Å². The molecule has 5 rings (SSSR count). The van der Waals surface area contributed by atoms with Gasteiger partial charge in [-0.2, -0.15) is 0 Å². The first-order chi connectivity index (χ1) is 14.1. The van der Waals surface area contributed by atoms with Crippen molar-refractivity contribution in [2.75, 3.05) is 27.9 Å². The van der Waals surface area contributed by atoms with E-state index in [4.69, 9.17) is 14.2 Å². The number of ketones is 1. The van der Waals surface area contributed by atoms with Gasteiger partial charge < -0.3 is 14.2 Å². The predicted molar refractivity (Wildman–Crippen MR) is 113 cm³/mol. The van der Waals surface area contributed by atoms with E-state index in [1.54, 1.807) is 21.3 Å². The Morgan fingerprint density at radius 3 is 2.28 bits per heavy atom. The zero-order chi connectivity index (χ0) is 20.1. The van der Waals surface area contributed by atoms with Crippen LogP contribution in [-0.4, -0.2) is 44.6 Å². The fraction of sp³-hybridized carbons (Fsp3) is 0.375. The number of fused-ring (bicyclic) bond motifs is 7. The lowest BCUT2D eigenvalue weighted by Crippen LogP contribution is -2.47. The van der Waals surface area contributed by atoms with E-state index in [0.29, 0.717) is 24.8 Å². The SMILES string of the molecule is COc1ccc2c3c(c4cc(OC)c(OC)cc4c2c1)C[C@H]1CCC(=O)CN1C3. The molecule has 5 nitrogen and oxygen atoms in total. The summed E-state index contributed by atoms with van der Waals surface area (Å²) in [6, 6.07) is 10.9. The van der Waals surface area contributed by atoms with Gasteiger partial charge in [-0.3, -0.25) is 9.69 Å². The number of ether oxygens (including phenoxy) is 3. The van der Waals surface area contributed by atoms with Crippen LogP contribution in [0.2, 0.25) is 0 Å². The fourth-order valence-corrected chi connectivity index (χ4v) is 5.03. The summed E-state index contributed by atoms with van der Waals surface area (Å²) in [6.07, 6.45) is 2.58. The third-order valence-corrected chi connectivity index (χ3v) is 6.51. The molecule has 0 spiro atoms. The lowest BCUT2D eigenvalue weighted by Gasteiger charge is -2.40. The first kappa shape index (κ1) is 18.3. The summed E-state index contributed by atoms with van der Waals surface area (Å²) in [4.78, 5) is 14.4. The van der Waals surface area contributed by atoms with Crippen molar-refractivity contribution in [1.29, 1.82) is 0 Å². The second-order valence-corrected chi connectivity index (χ2v) is 7.96. The molecule has 150 valence electrons. The zero-order valence-corrected chi connectivity index (χ0v) is 17.1. The summed E-state index contributed by atoms with van der Waals surface area (Å²) >= 11 is 0. The average Bonchev–Trinajstić information content (AvgIpc) is 2.76. The molecule has 2 aliphatic heterocycles. The van der Waals surface area contributed by atoms with Crippen molar-refractivity contribution >= 4 is 27.3 Å². The highest BCUT2D eigenvalue weighted by Crippen LogP contribution is 2.43. The molecule has 29 heavy (non-hydrogen) atoms. The van der Waals surface area contributed by atoms with Gasteiger partial charge >= 0.3 is 0 Å². The van der Waals surface area contributed by atoms with Gasteiger partial charge in [0.2, 0.25) is 0 Å². The Bertz CT molecular complexity index is 1140. The van der Waals surface area contributed by atoms with Gasteiger partial charge in [0.05, 0.1) is 27.9 Å². The van der Waals surface area contributed by atoms with E-state index in [2.05, 4.69) is 29.2 Å². The number of benzene rings is 3. The molecular weight excluding hydrogens is 366 g/mol. The first-order valence-electron chi connectivity index (χ1n) is 10.1. The molecular formula is C24H25NO4. The van der Waals surface area contributed by atoms with Gasteiger partial charge in [0, 0.05) is 19.0 Å². The molecule has 0 N–H and O–H groups in total. The second-order valence-electron chi connectivity index (χ2n) is 7.96. The van der Waals surface area contributed by atoms with Crippen molar-refractivity contribution in [3.63, 3.8) is 0 Å². The maximum atomic E-state index is 12.1. The van der Waals surface area contributed by atoms with Crippen LogP contribution < -0.4 is 14.2 Å². The quantitative estimate of drug-likeness (QED) is 0.629. The highest BCUT2D eigenvalue weighted by Gasteiger charge is 2.33. The molecule has 0 unspecified atom stereocenters. The summed E-state index contributed by atoms with van der Waals surface area (Å²) in [5.41, 5.74) is 2.68. The standard InChI is InChI=1S/C24H25NO4/c1-27-16-6-7-17-19(9-16)21-11-24(29-3)23(28-2)10-20(21)18-8-14-4-5-15(26)12-25(14)13-22(17)18/h6-7,9-11,14H,4-5,8,12-13H2,1-3H3/t14-/m1/s1. The molecule has 1 saturated heterocycles. The van der Waals surface area contributed by atoms with Gasteiger partial charge in [0.15, 0.2) is 11.5 Å². The Hall–Kier alpha value is -2.79. The number of hydrogen-bond donors (Lipinski definition) is 0. The third-order valence-electron chi connectivity index (χ3n) is 6.51. The summed E-state index contributed by atoms with van der Waals surface area (Å²) < 4.78 is 16.7. The normalized spacial score (nSPS) is 19.1. The van der Waals surface area contributed by atoms with E-state index in [-0.39, 0.29) is 0 Å². The maximum Gasteiger partial charge on any atom is 0.161 e. The van der Waals surface area contributed by atoms with Crippen LogP contribution in [0, 0.1) is 0 Å². The van der Waals surface area contributed by atoms with Gasteiger partial charge in [-0.05, 0) is 69.8 Å². The van der Waals surface area contributed by atoms with Gasteiger partial charge in [0.25, 0.3) is 0 Å². The van der Waals surface area contributed by atoms with Gasteiger partial charge in [-0.25, -0.2) is 0 Å². The molecule has 0 bridgehead atoms. The van der Waals surface area contributed by atoms with Crippen LogP contribution in [0.15, 0.2) is 30.3 Å². The number of carbonyl (C=O) groups excluding carboxylic acids is 1. The van der Waals surface area contributed by atoms with E-state index < -0.39 is 0 Å².